The van der Waals surface area contributed by atoms with Gasteiger partial charge in [-0.3, -0.25) is 19.3 Å². The summed E-state index contributed by atoms with van der Waals surface area (Å²) < 4.78 is 0. The summed E-state index contributed by atoms with van der Waals surface area (Å²) in [6.07, 6.45) is 8.83. The summed E-state index contributed by atoms with van der Waals surface area (Å²) in [7, 11) is 0. The van der Waals surface area contributed by atoms with E-state index in [0.717, 1.165) is 43.6 Å². The van der Waals surface area contributed by atoms with Gasteiger partial charge in [0.25, 0.3) is 0 Å². The van der Waals surface area contributed by atoms with Gasteiger partial charge >= 0.3 is 0 Å². The molecule has 0 bridgehead atoms. The fourth-order valence-electron chi connectivity index (χ4n) is 4.63. The maximum Gasteiger partial charge on any atom is 0.249 e. The molecule has 0 radical (unpaired) electrons. The SMILES string of the molecule is CCCCC(C(=O)CNC(C)=O)c1cccc(C(N)=O)c1C=Cc1ccc(CN2CCCC2)cc1. The minimum atomic E-state index is -0.531. The molecule has 6 heteroatoms. The van der Waals surface area contributed by atoms with Gasteiger partial charge in [0.2, 0.25) is 11.8 Å². The molecule has 0 aromatic heterocycles. The van der Waals surface area contributed by atoms with Gasteiger partial charge in [0.1, 0.15) is 0 Å². The highest BCUT2D eigenvalue weighted by Crippen LogP contribution is 2.30. The first-order valence-corrected chi connectivity index (χ1v) is 12.6. The van der Waals surface area contributed by atoms with Crippen molar-refractivity contribution in [1.82, 2.24) is 10.2 Å². The number of nitrogens with zero attached hydrogens (tertiary/aromatic N) is 1. The molecule has 0 spiro atoms. The number of benzene rings is 2. The van der Waals surface area contributed by atoms with Gasteiger partial charge in [0.15, 0.2) is 5.78 Å². The molecule has 1 aliphatic rings. The molecule has 2 aromatic rings. The van der Waals surface area contributed by atoms with Gasteiger partial charge in [-0.05, 0) is 60.7 Å². The van der Waals surface area contributed by atoms with E-state index in [-0.39, 0.29) is 18.2 Å². The van der Waals surface area contributed by atoms with Crippen molar-refractivity contribution in [1.29, 1.82) is 0 Å². The van der Waals surface area contributed by atoms with E-state index in [1.807, 2.05) is 18.2 Å². The van der Waals surface area contributed by atoms with Crippen LogP contribution in [-0.4, -0.2) is 42.1 Å². The maximum atomic E-state index is 13.1. The van der Waals surface area contributed by atoms with Crippen LogP contribution in [0.25, 0.3) is 12.2 Å². The van der Waals surface area contributed by atoms with Gasteiger partial charge < -0.3 is 11.1 Å². The van der Waals surface area contributed by atoms with Crippen LogP contribution in [0.15, 0.2) is 42.5 Å². The molecule has 3 N–H and O–H groups in total. The lowest BCUT2D eigenvalue weighted by atomic mass is 9.84. The van der Waals surface area contributed by atoms with Crippen LogP contribution in [0.1, 0.15) is 84.5 Å². The zero-order valence-corrected chi connectivity index (χ0v) is 20.9. The Labute approximate surface area is 208 Å². The predicted molar refractivity (Wildman–Crippen MR) is 141 cm³/mol. The molecule has 35 heavy (non-hydrogen) atoms. The Kier molecular flexibility index (Phi) is 9.79. The molecule has 3 rings (SSSR count). The summed E-state index contributed by atoms with van der Waals surface area (Å²) in [5, 5.41) is 2.62. The molecule has 2 aromatic carbocycles. The van der Waals surface area contributed by atoms with E-state index in [0.29, 0.717) is 17.5 Å². The summed E-state index contributed by atoms with van der Waals surface area (Å²) in [6, 6.07) is 13.8. The molecule has 6 nitrogen and oxygen atoms in total. The van der Waals surface area contributed by atoms with Crippen molar-refractivity contribution in [2.24, 2.45) is 5.73 Å². The number of amides is 2. The van der Waals surface area contributed by atoms with Gasteiger partial charge in [-0.25, -0.2) is 0 Å². The average Bonchev–Trinajstić information content (AvgIpc) is 3.35. The van der Waals surface area contributed by atoms with Crippen LogP contribution in [0.2, 0.25) is 0 Å². The molecule has 0 aliphatic carbocycles. The third-order valence-electron chi connectivity index (χ3n) is 6.55. The number of nitrogens with two attached hydrogens (primary N) is 1. The van der Waals surface area contributed by atoms with E-state index < -0.39 is 11.8 Å². The van der Waals surface area contributed by atoms with E-state index in [1.54, 1.807) is 12.1 Å². The maximum absolute atomic E-state index is 13.1. The lowest BCUT2D eigenvalue weighted by molar-refractivity contribution is -0.124. The van der Waals surface area contributed by atoms with Crippen molar-refractivity contribution in [3.63, 3.8) is 0 Å². The molecule has 0 saturated carbocycles. The van der Waals surface area contributed by atoms with Crippen LogP contribution in [0.3, 0.4) is 0 Å². The molecule has 1 unspecified atom stereocenters. The molecule has 186 valence electrons. The highest BCUT2D eigenvalue weighted by molar-refractivity contribution is 5.99. The molecule has 1 heterocycles. The fraction of sp³-hybridized carbons (Fsp3) is 0.414. The number of ketones is 1. The third-order valence-corrected chi connectivity index (χ3v) is 6.55. The average molecular weight is 476 g/mol. The van der Waals surface area contributed by atoms with Crippen LogP contribution in [-0.2, 0) is 16.1 Å². The number of rotatable bonds is 12. The highest BCUT2D eigenvalue weighted by atomic mass is 16.2. The smallest absolute Gasteiger partial charge is 0.249 e. The van der Waals surface area contributed by atoms with Crippen molar-refractivity contribution in [2.75, 3.05) is 19.6 Å². The Morgan fingerprint density at radius 2 is 1.77 bits per heavy atom. The van der Waals surface area contributed by atoms with Crippen LogP contribution in [0.5, 0.6) is 0 Å². The summed E-state index contributed by atoms with van der Waals surface area (Å²) in [5.41, 5.74) is 9.82. The highest BCUT2D eigenvalue weighted by Gasteiger charge is 2.24. The van der Waals surface area contributed by atoms with Crippen molar-refractivity contribution >= 4 is 29.7 Å². The summed E-state index contributed by atoms with van der Waals surface area (Å²) >= 11 is 0. The Hall–Kier alpha value is -3.25. The van der Waals surface area contributed by atoms with Crippen LogP contribution < -0.4 is 11.1 Å². The van der Waals surface area contributed by atoms with Crippen molar-refractivity contribution < 1.29 is 14.4 Å². The summed E-state index contributed by atoms with van der Waals surface area (Å²) in [5.74, 6) is -1.28. The first kappa shape index (κ1) is 26.4. The predicted octanol–water partition coefficient (Wildman–Crippen LogP) is 4.53. The van der Waals surface area contributed by atoms with Crippen LogP contribution in [0, 0.1) is 0 Å². The Morgan fingerprint density at radius 1 is 1.06 bits per heavy atom. The second-order valence-corrected chi connectivity index (χ2v) is 9.30. The van der Waals surface area contributed by atoms with Gasteiger partial charge in [0, 0.05) is 24.9 Å². The zero-order valence-electron chi connectivity index (χ0n) is 20.9. The van der Waals surface area contributed by atoms with Crippen molar-refractivity contribution in [3.05, 3.63) is 70.3 Å². The Balaban J connectivity index is 1.89. The lowest BCUT2D eigenvalue weighted by Crippen LogP contribution is -2.31. The zero-order chi connectivity index (χ0) is 25.2. The fourth-order valence-corrected chi connectivity index (χ4v) is 4.63. The van der Waals surface area contributed by atoms with E-state index in [2.05, 4.69) is 41.4 Å². The number of nitrogens with one attached hydrogen (secondary N) is 1. The molecular formula is C29H37N3O3. The van der Waals surface area contributed by atoms with E-state index in [9.17, 15) is 14.4 Å². The Morgan fingerprint density at radius 3 is 2.40 bits per heavy atom. The number of Topliss-reactive ketones (excluding diaryl/α,β-unsaturated/α-hetero) is 1. The van der Waals surface area contributed by atoms with Crippen molar-refractivity contribution in [2.45, 2.75) is 58.4 Å². The summed E-state index contributed by atoms with van der Waals surface area (Å²) in [4.78, 5) is 39.2. The topological polar surface area (TPSA) is 92.5 Å². The second-order valence-electron chi connectivity index (χ2n) is 9.30. The minimum absolute atomic E-state index is 0.0356. The van der Waals surface area contributed by atoms with Gasteiger partial charge in [-0.15, -0.1) is 0 Å². The number of hydrogen-bond acceptors (Lipinski definition) is 4. The quantitative estimate of drug-likeness (QED) is 0.441. The lowest BCUT2D eigenvalue weighted by Gasteiger charge is -2.20. The second kappa shape index (κ2) is 13.0. The Bertz CT molecular complexity index is 1050. The number of primary amides is 1. The van der Waals surface area contributed by atoms with Gasteiger partial charge in [-0.1, -0.05) is 68.3 Å². The number of carbonyl (C=O) groups is 3. The van der Waals surface area contributed by atoms with Crippen molar-refractivity contribution in [3.8, 4) is 0 Å². The number of likely N-dealkylation sites (tertiary alicyclic amines) is 1. The standard InChI is InChI=1S/C29H37N3O3/c1-3-4-8-26(28(34)19-31-21(2)33)24-9-7-10-27(29(30)35)25(24)16-15-22-11-13-23(14-12-22)20-32-17-5-6-18-32/h7,9-16,26H,3-6,8,17-20H2,1-2H3,(H2,30,35)(H,31,33). The molecule has 1 fully saturated rings. The number of carbonyl (C=O) groups excluding carboxylic acids is 3. The first-order valence-electron chi connectivity index (χ1n) is 12.6. The number of unbranched alkanes of at least 4 members (excludes halogenated alkanes) is 1. The monoisotopic (exact) mass is 475 g/mol. The minimum Gasteiger partial charge on any atom is -0.366 e. The normalized spacial score (nSPS) is 14.8. The van der Waals surface area contributed by atoms with Crippen LogP contribution in [0.4, 0.5) is 0 Å². The number of hydrogen-bond donors (Lipinski definition) is 2. The molecule has 2 amide bonds. The molecule has 1 saturated heterocycles. The largest absolute Gasteiger partial charge is 0.366 e. The van der Waals surface area contributed by atoms with Gasteiger partial charge in [0.05, 0.1) is 6.54 Å². The van der Waals surface area contributed by atoms with E-state index in [1.165, 1.54) is 25.3 Å². The first-order chi connectivity index (χ1) is 16.9. The molecule has 1 atom stereocenters. The van der Waals surface area contributed by atoms with E-state index >= 15 is 0 Å². The molecule has 1 aliphatic heterocycles. The molecular weight excluding hydrogens is 438 g/mol. The third kappa shape index (κ3) is 7.62. The van der Waals surface area contributed by atoms with Gasteiger partial charge in [-0.2, -0.15) is 0 Å². The van der Waals surface area contributed by atoms with Crippen LogP contribution >= 0.6 is 0 Å². The summed E-state index contributed by atoms with van der Waals surface area (Å²) in [6.45, 7) is 6.72. The van der Waals surface area contributed by atoms with E-state index in [4.69, 9.17) is 5.73 Å².